The van der Waals surface area contributed by atoms with Gasteiger partial charge in [0.05, 0.1) is 5.38 Å². The first-order valence-electron chi connectivity index (χ1n) is 7.03. The third-order valence-corrected chi connectivity index (χ3v) is 4.91. The quantitative estimate of drug-likeness (QED) is 0.544. The lowest BCUT2D eigenvalue weighted by atomic mass is 9.95. The van der Waals surface area contributed by atoms with Crippen LogP contribution in [0.15, 0.2) is 46.9 Å². The van der Waals surface area contributed by atoms with Crippen molar-refractivity contribution < 1.29 is 0 Å². The van der Waals surface area contributed by atoms with Crippen LogP contribution in [0.3, 0.4) is 0 Å². The van der Waals surface area contributed by atoms with E-state index in [0.717, 1.165) is 22.0 Å². The molecule has 2 unspecified atom stereocenters. The van der Waals surface area contributed by atoms with E-state index < -0.39 is 0 Å². The van der Waals surface area contributed by atoms with Gasteiger partial charge in [0.15, 0.2) is 0 Å². The van der Waals surface area contributed by atoms with Gasteiger partial charge in [-0.2, -0.15) is 0 Å². The summed E-state index contributed by atoms with van der Waals surface area (Å²) in [5.74, 6) is 0.602. The number of benzene rings is 2. The van der Waals surface area contributed by atoms with Crippen molar-refractivity contribution in [2.45, 2.75) is 38.5 Å². The van der Waals surface area contributed by atoms with E-state index in [4.69, 9.17) is 11.6 Å². The molecule has 0 aliphatic heterocycles. The zero-order chi connectivity index (χ0) is 14.7. The zero-order valence-corrected chi connectivity index (χ0v) is 14.5. The summed E-state index contributed by atoms with van der Waals surface area (Å²) in [6, 6.07) is 15.0. The van der Waals surface area contributed by atoms with Gasteiger partial charge in [0.2, 0.25) is 0 Å². The molecule has 2 rings (SSSR count). The highest BCUT2D eigenvalue weighted by Crippen LogP contribution is 2.33. The predicted molar refractivity (Wildman–Crippen MR) is 91.7 cm³/mol. The van der Waals surface area contributed by atoms with Gasteiger partial charge in [0.25, 0.3) is 0 Å². The molecule has 0 N–H and O–H groups in total. The molecule has 20 heavy (non-hydrogen) atoms. The maximum absolute atomic E-state index is 6.65. The fourth-order valence-electron chi connectivity index (χ4n) is 2.29. The highest BCUT2D eigenvalue weighted by atomic mass is 79.9. The molecule has 0 aliphatic carbocycles. The molecule has 0 amide bonds. The largest absolute Gasteiger partial charge is 0.113 e. The van der Waals surface area contributed by atoms with Crippen LogP contribution >= 0.6 is 27.5 Å². The van der Waals surface area contributed by atoms with Crippen LogP contribution in [-0.2, 0) is 0 Å². The van der Waals surface area contributed by atoms with Crippen LogP contribution in [0.25, 0.3) is 0 Å². The van der Waals surface area contributed by atoms with Crippen LogP contribution in [0.1, 0.15) is 53.8 Å². The second-order valence-corrected chi connectivity index (χ2v) is 6.69. The van der Waals surface area contributed by atoms with Crippen molar-refractivity contribution in [1.82, 2.24) is 0 Å². The molecule has 0 spiro atoms. The van der Waals surface area contributed by atoms with Gasteiger partial charge < -0.3 is 0 Å². The number of alkyl halides is 1. The van der Waals surface area contributed by atoms with E-state index in [1.165, 1.54) is 11.1 Å². The summed E-state index contributed by atoms with van der Waals surface area (Å²) in [5.41, 5.74) is 4.92. The summed E-state index contributed by atoms with van der Waals surface area (Å²) in [6.07, 6.45) is 1.16. The van der Waals surface area contributed by atoms with Gasteiger partial charge in [0, 0.05) is 4.47 Å². The predicted octanol–water partition coefficient (Wildman–Crippen LogP) is 6.60. The summed E-state index contributed by atoms with van der Waals surface area (Å²) in [4.78, 5) is 0. The summed E-state index contributed by atoms with van der Waals surface area (Å²) >= 11 is 10.2. The first kappa shape index (κ1) is 15.6. The van der Waals surface area contributed by atoms with Crippen molar-refractivity contribution in [3.05, 3.63) is 69.2 Å². The number of aryl methyl sites for hydroxylation is 1. The maximum Gasteiger partial charge on any atom is 0.0838 e. The van der Waals surface area contributed by atoms with Crippen molar-refractivity contribution in [2.75, 3.05) is 0 Å². The van der Waals surface area contributed by atoms with Crippen LogP contribution in [0.4, 0.5) is 0 Å². The number of rotatable bonds is 4. The van der Waals surface area contributed by atoms with Gasteiger partial charge >= 0.3 is 0 Å². The molecule has 0 radical (unpaired) electrons. The molecule has 0 saturated heterocycles. The minimum Gasteiger partial charge on any atom is -0.113 e. The lowest BCUT2D eigenvalue weighted by Crippen LogP contribution is -1.98. The Bertz CT molecular complexity index is 574. The molecule has 2 atom stereocenters. The van der Waals surface area contributed by atoms with Gasteiger partial charge in [-0.25, -0.2) is 0 Å². The first-order chi connectivity index (χ1) is 9.52. The summed E-state index contributed by atoms with van der Waals surface area (Å²) in [5, 5.41) is -0.0986. The normalized spacial score (nSPS) is 14.1. The number of halogens is 2. The van der Waals surface area contributed by atoms with Crippen LogP contribution in [0.2, 0.25) is 0 Å². The van der Waals surface area contributed by atoms with Crippen molar-refractivity contribution in [1.29, 1.82) is 0 Å². The smallest absolute Gasteiger partial charge is 0.0838 e. The van der Waals surface area contributed by atoms with Crippen molar-refractivity contribution >= 4 is 27.5 Å². The molecule has 0 aromatic heterocycles. The third kappa shape index (κ3) is 3.45. The molecule has 0 aliphatic rings. The van der Waals surface area contributed by atoms with Gasteiger partial charge in [-0.05, 0) is 53.6 Å². The zero-order valence-electron chi connectivity index (χ0n) is 12.2. The van der Waals surface area contributed by atoms with Crippen molar-refractivity contribution in [2.24, 2.45) is 0 Å². The van der Waals surface area contributed by atoms with Gasteiger partial charge in [0.1, 0.15) is 0 Å². The number of hydrogen-bond donors (Lipinski definition) is 0. The molecule has 0 bridgehead atoms. The summed E-state index contributed by atoms with van der Waals surface area (Å²) in [7, 11) is 0. The molecule has 2 aromatic rings. The average molecular weight is 352 g/mol. The molecule has 106 valence electrons. The Hall–Kier alpha value is -0.790. The lowest BCUT2D eigenvalue weighted by Gasteiger charge is -2.15. The summed E-state index contributed by atoms with van der Waals surface area (Å²) < 4.78 is 1.07. The molecular formula is C18H20BrCl. The maximum atomic E-state index is 6.65. The Morgan fingerprint density at radius 1 is 1.05 bits per heavy atom. The van der Waals surface area contributed by atoms with E-state index in [9.17, 15) is 0 Å². The monoisotopic (exact) mass is 350 g/mol. The Morgan fingerprint density at radius 2 is 1.65 bits per heavy atom. The van der Waals surface area contributed by atoms with Crippen molar-refractivity contribution in [3.63, 3.8) is 0 Å². The minimum absolute atomic E-state index is 0.0986. The fourth-order valence-corrected chi connectivity index (χ4v) is 3.05. The van der Waals surface area contributed by atoms with Crippen LogP contribution in [0, 0.1) is 6.92 Å². The minimum atomic E-state index is -0.0986. The van der Waals surface area contributed by atoms with Gasteiger partial charge in [-0.1, -0.05) is 60.1 Å². The Labute approximate surface area is 135 Å². The molecule has 2 heteroatoms. The van der Waals surface area contributed by atoms with E-state index in [-0.39, 0.29) is 5.38 Å². The van der Waals surface area contributed by atoms with Gasteiger partial charge in [-0.3, -0.25) is 0 Å². The van der Waals surface area contributed by atoms with Crippen LogP contribution < -0.4 is 0 Å². The average Bonchev–Trinajstić information content (AvgIpc) is 2.48. The van der Waals surface area contributed by atoms with Crippen LogP contribution in [-0.4, -0.2) is 0 Å². The van der Waals surface area contributed by atoms with E-state index in [1.807, 2.05) is 0 Å². The van der Waals surface area contributed by atoms with E-state index in [0.29, 0.717) is 5.92 Å². The molecule has 2 aromatic carbocycles. The van der Waals surface area contributed by atoms with E-state index in [2.05, 4.69) is 79.2 Å². The SMILES string of the molecule is CCC(C)c1ccc(C(Cl)c2cc(Br)ccc2C)cc1. The highest BCUT2D eigenvalue weighted by Gasteiger charge is 2.14. The topological polar surface area (TPSA) is 0 Å². The fraction of sp³-hybridized carbons (Fsp3) is 0.333. The number of hydrogen-bond acceptors (Lipinski definition) is 0. The molecule has 0 nitrogen and oxygen atoms in total. The second kappa shape index (κ2) is 6.78. The second-order valence-electron chi connectivity index (χ2n) is 5.34. The molecule has 0 fully saturated rings. The Morgan fingerprint density at radius 3 is 2.25 bits per heavy atom. The third-order valence-electron chi connectivity index (χ3n) is 3.92. The molecule has 0 heterocycles. The van der Waals surface area contributed by atoms with E-state index in [1.54, 1.807) is 0 Å². The highest BCUT2D eigenvalue weighted by molar-refractivity contribution is 9.10. The van der Waals surface area contributed by atoms with Crippen LogP contribution in [0.5, 0.6) is 0 Å². The lowest BCUT2D eigenvalue weighted by molar-refractivity contribution is 0.733. The van der Waals surface area contributed by atoms with E-state index >= 15 is 0 Å². The van der Waals surface area contributed by atoms with Crippen molar-refractivity contribution in [3.8, 4) is 0 Å². The van der Waals surface area contributed by atoms with Gasteiger partial charge in [-0.15, -0.1) is 11.6 Å². The summed E-state index contributed by atoms with van der Waals surface area (Å²) in [6.45, 7) is 6.57. The Balaban J connectivity index is 2.29. The first-order valence-corrected chi connectivity index (χ1v) is 8.25. The Kier molecular flexibility index (Phi) is 5.29. The molecule has 0 saturated carbocycles. The standard InChI is InChI=1S/C18H20BrCl/c1-4-12(2)14-6-8-15(9-7-14)18(20)17-11-16(19)10-5-13(17)3/h5-12,18H,4H2,1-3H3. The molecular weight excluding hydrogens is 332 g/mol.